The van der Waals surface area contributed by atoms with Gasteiger partial charge in [-0.25, -0.2) is 4.39 Å². The number of carbonyl (C=O) groups excluding carboxylic acids is 1. The Balaban J connectivity index is 2.28. The molecule has 0 saturated heterocycles. The lowest BCUT2D eigenvalue weighted by molar-refractivity contribution is -0.124. The number of halogens is 1. The van der Waals surface area contributed by atoms with Crippen LogP contribution in [0.5, 0.6) is 5.75 Å². The molecule has 0 aromatic heterocycles. The van der Waals surface area contributed by atoms with E-state index < -0.39 is 5.60 Å². The number of ether oxygens (including phenoxy) is 2. The predicted molar refractivity (Wildman–Crippen MR) is 72.0 cm³/mol. The summed E-state index contributed by atoms with van der Waals surface area (Å²) in [7, 11) is 1.55. The Labute approximate surface area is 117 Å². The summed E-state index contributed by atoms with van der Waals surface area (Å²) < 4.78 is 22.7. The first-order chi connectivity index (χ1) is 9.43. The van der Waals surface area contributed by atoms with Crippen LogP contribution in [0.4, 0.5) is 4.39 Å². The largest absolute Gasteiger partial charge is 0.484 e. The van der Waals surface area contributed by atoms with Crippen molar-refractivity contribution in [1.82, 2.24) is 5.32 Å². The molecule has 1 aromatic carbocycles. The van der Waals surface area contributed by atoms with Crippen LogP contribution in [0.15, 0.2) is 24.3 Å². The van der Waals surface area contributed by atoms with Gasteiger partial charge in [-0.2, -0.15) is 0 Å². The SMILES string of the molecule is COCCC(C)(O)CNC(=O)COc1ccc(F)cc1. The number of nitrogens with one attached hydrogen (secondary N) is 1. The maximum atomic E-state index is 12.7. The fourth-order valence-corrected chi connectivity index (χ4v) is 1.43. The molecule has 6 heteroatoms. The van der Waals surface area contributed by atoms with Crippen LogP contribution in [-0.4, -0.2) is 43.5 Å². The number of carbonyl (C=O) groups is 1. The zero-order chi connectivity index (χ0) is 15.0. The van der Waals surface area contributed by atoms with Crippen LogP contribution in [0.2, 0.25) is 0 Å². The van der Waals surface area contributed by atoms with Gasteiger partial charge in [0.25, 0.3) is 5.91 Å². The van der Waals surface area contributed by atoms with Crippen molar-refractivity contribution in [2.24, 2.45) is 0 Å². The third-order valence-electron chi connectivity index (χ3n) is 2.69. The molecule has 0 bridgehead atoms. The minimum Gasteiger partial charge on any atom is -0.484 e. The van der Waals surface area contributed by atoms with Crippen LogP contribution in [0.1, 0.15) is 13.3 Å². The topological polar surface area (TPSA) is 67.8 Å². The average molecular weight is 285 g/mol. The molecule has 1 amide bonds. The lowest BCUT2D eigenvalue weighted by Gasteiger charge is -2.23. The summed E-state index contributed by atoms with van der Waals surface area (Å²) in [5.41, 5.74) is -1.03. The first kappa shape index (κ1) is 16.4. The monoisotopic (exact) mass is 285 g/mol. The maximum absolute atomic E-state index is 12.7. The van der Waals surface area contributed by atoms with Crippen molar-refractivity contribution in [1.29, 1.82) is 0 Å². The molecule has 0 aliphatic carbocycles. The zero-order valence-electron chi connectivity index (χ0n) is 11.7. The van der Waals surface area contributed by atoms with E-state index in [1.807, 2.05) is 0 Å². The van der Waals surface area contributed by atoms with Gasteiger partial charge in [0.15, 0.2) is 6.61 Å². The zero-order valence-corrected chi connectivity index (χ0v) is 11.7. The van der Waals surface area contributed by atoms with Crippen LogP contribution in [-0.2, 0) is 9.53 Å². The molecule has 1 atom stereocenters. The second-order valence-electron chi connectivity index (χ2n) is 4.76. The van der Waals surface area contributed by atoms with E-state index in [1.54, 1.807) is 14.0 Å². The fraction of sp³-hybridized carbons (Fsp3) is 0.500. The highest BCUT2D eigenvalue weighted by Crippen LogP contribution is 2.11. The molecule has 0 heterocycles. The first-order valence-corrected chi connectivity index (χ1v) is 6.29. The number of hydrogen-bond acceptors (Lipinski definition) is 4. The molecule has 112 valence electrons. The van der Waals surface area contributed by atoms with Crippen molar-refractivity contribution < 1.29 is 23.8 Å². The van der Waals surface area contributed by atoms with Gasteiger partial charge in [0.1, 0.15) is 11.6 Å². The van der Waals surface area contributed by atoms with Crippen LogP contribution < -0.4 is 10.1 Å². The lowest BCUT2D eigenvalue weighted by atomic mass is 10.0. The van der Waals surface area contributed by atoms with Gasteiger partial charge in [-0.1, -0.05) is 0 Å². The van der Waals surface area contributed by atoms with Gasteiger partial charge >= 0.3 is 0 Å². The standard InChI is InChI=1S/C14H20FNO4/c1-14(18,7-8-19-2)10-16-13(17)9-20-12-5-3-11(15)4-6-12/h3-6,18H,7-10H2,1-2H3,(H,16,17). The number of aliphatic hydroxyl groups is 1. The Kier molecular flexibility index (Phi) is 6.41. The van der Waals surface area contributed by atoms with Crippen LogP contribution >= 0.6 is 0 Å². The smallest absolute Gasteiger partial charge is 0.258 e. The summed E-state index contributed by atoms with van der Waals surface area (Å²) in [6, 6.07) is 5.39. The normalized spacial score (nSPS) is 13.6. The molecule has 20 heavy (non-hydrogen) atoms. The lowest BCUT2D eigenvalue weighted by Crippen LogP contribution is -2.42. The molecule has 1 unspecified atom stereocenters. The Morgan fingerprint density at radius 1 is 1.40 bits per heavy atom. The molecule has 0 fully saturated rings. The molecule has 0 spiro atoms. The molecule has 1 aromatic rings. The predicted octanol–water partition coefficient (Wildman–Crippen LogP) is 1.11. The van der Waals surface area contributed by atoms with Gasteiger partial charge in [0.2, 0.25) is 0 Å². The highest BCUT2D eigenvalue weighted by molar-refractivity contribution is 5.77. The number of hydrogen-bond donors (Lipinski definition) is 2. The molecular weight excluding hydrogens is 265 g/mol. The van der Waals surface area contributed by atoms with Crippen molar-refractivity contribution in [2.75, 3.05) is 26.9 Å². The van der Waals surface area contributed by atoms with Crippen LogP contribution in [0, 0.1) is 5.82 Å². The second kappa shape index (κ2) is 7.81. The Hall–Kier alpha value is -1.66. The van der Waals surface area contributed by atoms with Gasteiger partial charge in [-0.15, -0.1) is 0 Å². The van der Waals surface area contributed by atoms with Crippen molar-refractivity contribution in [3.05, 3.63) is 30.1 Å². The van der Waals surface area contributed by atoms with Gasteiger partial charge < -0.3 is 19.9 Å². The van der Waals surface area contributed by atoms with E-state index >= 15 is 0 Å². The van der Waals surface area contributed by atoms with Gasteiger partial charge in [0, 0.05) is 26.7 Å². The van der Waals surface area contributed by atoms with Crippen molar-refractivity contribution in [2.45, 2.75) is 18.9 Å². The van der Waals surface area contributed by atoms with Crippen molar-refractivity contribution in [3.63, 3.8) is 0 Å². The van der Waals surface area contributed by atoms with E-state index in [9.17, 15) is 14.3 Å². The van der Waals surface area contributed by atoms with Crippen LogP contribution in [0.25, 0.3) is 0 Å². The van der Waals surface area contributed by atoms with E-state index in [0.29, 0.717) is 18.8 Å². The van der Waals surface area contributed by atoms with E-state index in [1.165, 1.54) is 24.3 Å². The first-order valence-electron chi connectivity index (χ1n) is 6.29. The highest BCUT2D eigenvalue weighted by atomic mass is 19.1. The van der Waals surface area contributed by atoms with Gasteiger partial charge in [-0.05, 0) is 31.2 Å². The van der Waals surface area contributed by atoms with Gasteiger partial charge in [-0.3, -0.25) is 4.79 Å². The number of benzene rings is 1. The van der Waals surface area contributed by atoms with E-state index in [4.69, 9.17) is 9.47 Å². The quantitative estimate of drug-likeness (QED) is 0.751. The Morgan fingerprint density at radius 2 is 2.05 bits per heavy atom. The Bertz CT molecular complexity index is 420. The number of amides is 1. The molecule has 0 aliphatic rings. The maximum Gasteiger partial charge on any atom is 0.258 e. The number of methoxy groups -OCH3 is 1. The van der Waals surface area contributed by atoms with Crippen molar-refractivity contribution >= 4 is 5.91 Å². The average Bonchev–Trinajstić information content (AvgIpc) is 2.42. The molecule has 5 nitrogen and oxygen atoms in total. The minimum atomic E-state index is -1.03. The molecule has 0 radical (unpaired) electrons. The summed E-state index contributed by atoms with van der Waals surface area (Å²) >= 11 is 0. The third kappa shape index (κ3) is 6.49. The molecular formula is C14H20FNO4. The van der Waals surface area contributed by atoms with E-state index in [-0.39, 0.29) is 24.9 Å². The summed E-state index contributed by atoms with van der Waals surface area (Å²) in [5.74, 6) is -0.310. The minimum absolute atomic E-state index is 0.113. The Morgan fingerprint density at radius 3 is 2.65 bits per heavy atom. The summed E-state index contributed by atoms with van der Waals surface area (Å²) in [6.45, 7) is 1.95. The van der Waals surface area contributed by atoms with Crippen molar-refractivity contribution in [3.8, 4) is 5.75 Å². The second-order valence-corrected chi connectivity index (χ2v) is 4.76. The third-order valence-corrected chi connectivity index (χ3v) is 2.69. The summed E-state index contributed by atoms with van der Waals surface area (Å²) in [6.07, 6.45) is 0.419. The van der Waals surface area contributed by atoms with Gasteiger partial charge in [0.05, 0.1) is 5.60 Å². The van der Waals surface area contributed by atoms with E-state index in [0.717, 1.165) is 0 Å². The highest BCUT2D eigenvalue weighted by Gasteiger charge is 2.20. The summed E-state index contributed by atoms with van der Waals surface area (Å²) in [5, 5.41) is 12.5. The molecule has 1 rings (SSSR count). The van der Waals surface area contributed by atoms with Crippen LogP contribution in [0.3, 0.4) is 0 Å². The summed E-state index contributed by atoms with van der Waals surface area (Å²) in [4.78, 5) is 11.6. The molecule has 0 aliphatic heterocycles. The number of rotatable bonds is 8. The molecule has 2 N–H and O–H groups in total. The van der Waals surface area contributed by atoms with E-state index in [2.05, 4.69) is 5.32 Å². The molecule has 0 saturated carbocycles. The fourth-order valence-electron chi connectivity index (χ4n) is 1.43.